The van der Waals surface area contributed by atoms with Crippen LogP contribution in [0.25, 0.3) is 0 Å². The van der Waals surface area contributed by atoms with Crippen molar-refractivity contribution in [2.45, 2.75) is 38.8 Å². The maximum absolute atomic E-state index is 12.1. The molecule has 1 aliphatic heterocycles. The van der Waals surface area contributed by atoms with Crippen molar-refractivity contribution < 1.29 is 9.90 Å². The molecule has 0 aliphatic carbocycles. The zero-order chi connectivity index (χ0) is 13.8. The van der Waals surface area contributed by atoms with Crippen LogP contribution in [0.4, 0.5) is 0 Å². The molecule has 0 spiro atoms. The lowest BCUT2D eigenvalue weighted by atomic mass is 10.1. The molecular weight excluding hydrogens is 240 g/mol. The number of likely N-dealkylation sites (tertiary alicyclic amines) is 1. The summed E-state index contributed by atoms with van der Waals surface area (Å²) in [6.07, 6.45) is 1.73. The van der Waals surface area contributed by atoms with Gasteiger partial charge < -0.3 is 15.3 Å². The van der Waals surface area contributed by atoms with Gasteiger partial charge in [0.05, 0.1) is 6.04 Å². The summed E-state index contributed by atoms with van der Waals surface area (Å²) in [5.74, 6) is 0.495. The van der Waals surface area contributed by atoms with Gasteiger partial charge in [-0.05, 0) is 30.5 Å². The molecule has 1 heterocycles. The minimum atomic E-state index is -0.0141. The van der Waals surface area contributed by atoms with Crippen LogP contribution in [0.5, 0.6) is 5.75 Å². The number of amides is 1. The van der Waals surface area contributed by atoms with E-state index >= 15 is 0 Å². The third-order valence-electron chi connectivity index (χ3n) is 3.44. The Morgan fingerprint density at radius 3 is 2.68 bits per heavy atom. The number of aromatic hydroxyl groups is 1. The molecule has 4 nitrogen and oxygen atoms in total. The quantitative estimate of drug-likeness (QED) is 0.846. The predicted molar refractivity (Wildman–Crippen MR) is 75.1 cm³/mol. The molecule has 1 atom stereocenters. The second kappa shape index (κ2) is 6.06. The van der Waals surface area contributed by atoms with Crippen molar-refractivity contribution in [1.82, 2.24) is 10.2 Å². The molecule has 0 radical (unpaired) electrons. The van der Waals surface area contributed by atoms with Crippen molar-refractivity contribution in [3.8, 4) is 5.75 Å². The molecule has 2 rings (SSSR count). The van der Waals surface area contributed by atoms with Crippen LogP contribution in [0.2, 0.25) is 0 Å². The largest absolute Gasteiger partial charge is 0.508 e. The minimum absolute atomic E-state index is 0.0141. The number of nitrogens with zero attached hydrogens (tertiary/aromatic N) is 1. The monoisotopic (exact) mass is 262 g/mol. The Kier molecular flexibility index (Phi) is 4.43. The molecule has 1 saturated heterocycles. The summed E-state index contributed by atoms with van der Waals surface area (Å²) in [7, 11) is 0. The van der Waals surface area contributed by atoms with Crippen LogP contribution >= 0.6 is 0 Å². The fraction of sp³-hybridized carbons (Fsp3) is 0.533. The Morgan fingerprint density at radius 1 is 1.37 bits per heavy atom. The van der Waals surface area contributed by atoms with E-state index in [2.05, 4.69) is 19.2 Å². The van der Waals surface area contributed by atoms with Crippen molar-refractivity contribution in [3.05, 3.63) is 29.8 Å². The summed E-state index contributed by atoms with van der Waals surface area (Å²) >= 11 is 0. The van der Waals surface area contributed by atoms with E-state index in [9.17, 15) is 9.90 Å². The van der Waals surface area contributed by atoms with Crippen molar-refractivity contribution in [3.63, 3.8) is 0 Å². The molecule has 19 heavy (non-hydrogen) atoms. The third kappa shape index (κ3) is 3.70. The van der Waals surface area contributed by atoms with Gasteiger partial charge in [-0.15, -0.1) is 0 Å². The zero-order valence-corrected chi connectivity index (χ0v) is 11.6. The van der Waals surface area contributed by atoms with Crippen LogP contribution in [0, 0.1) is 0 Å². The molecule has 1 aromatic rings. The summed E-state index contributed by atoms with van der Waals surface area (Å²) in [6.45, 7) is 5.71. The van der Waals surface area contributed by atoms with Crippen LogP contribution in [-0.2, 0) is 11.2 Å². The Balaban J connectivity index is 1.84. The van der Waals surface area contributed by atoms with E-state index in [1.165, 1.54) is 0 Å². The molecule has 1 amide bonds. The molecule has 0 bridgehead atoms. The minimum Gasteiger partial charge on any atom is -0.508 e. The van der Waals surface area contributed by atoms with E-state index in [1.807, 2.05) is 17.0 Å². The second-order valence-electron chi connectivity index (χ2n) is 5.40. The summed E-state index contributed by atoms with van der Waals surface area (Å²) in [4.78, 5) is 14.1. The van der Waals surface area contributed by atoms with E-state index in [0.717, 1.165) is 31.5 Å². The number of phenolic OH excluding ortho intramolecular Hbond substituents is 1. The number of rotatable bonds is 5. The van der Waals surface area contributed by atoms with Crippen molar-refractivity contribution >= 4 is 5.91 Å². The normalized spacial score (nSPS) is 19.4. The number of hydrogen-bond acceptors (Lipinski definition) is 3. The van der Waals surface area contributed by atoms with Gasteiger partial charge in [0.1, 0.15) is 5.75 Å². The van der Waals surface area contributed by atoms with Gasteiger partial charge in [-0.25, -0.2) is 0 Å². The Bertz CT molecular complexity index is 428. The highest BCUT2D eigenvalue weighted by Gasteiger charge is 2.31. The zero-order valence-electron chi connectivity index (χ0n) is 11.6. The van der Waals surface area contributed by atoms with Gasteiger partial charge in [-0.2, -0.15) is 0 Å². The molecule has 2 N–H and O–H groups in total. The van der Waals surface area contributed by atoms with Crippen LogP contribution in [0.1, 0.15) is 25.8 Å². The molecule has 104 valence electrons. The Hall–Kier alpha value is -1.55. The van der Waals surface area contributed by atoms with Gasteiger partial charge in [-0.3, -0.25) is 4.79 Å². The van der Waals surface area contributed by atoms with Crippen molar-refractivity contribution in [2.75, 3.05) is 13.1 Å². The standard InChI is InChI=1S/C15H22N2O2/c1-11(2)16-14-8-10-17(15(14)19)9-7-12-3-5-13(18)6-4-12/h3-6,11,14,16,18H,7-10H2,1-2H3. The number of carbonyl (C=O) groups excluding carboxylic acids is 1. The Morgan fingerprint density at radius 2 is 2.05 bits per heavy atom. The maximum atomic E-state index is 12.1. The highest BCUT2D eigenvalue weighted by molar-refractivity contribution is 5.84. The summed E-state index contributed by atoms with van der Waals surface area (Å²) in [5.41, 5.74) is 1.14. The molecule has 1 aliphatic rings. The molecule has 0 saturated carbocycles. The summed E-state index contributed by atoms with van der Waals surface area (Å²) < 4.78 is 0. The number of nitrogens with one attached hydrogen (secondary N) is 1. The van der Waals surface area contributed by atoms with Gasteiger partial charge in [0, 0.05) is 19.1 Å². The first-order valence-corrected chi connectivity index (χ1v) is 6.89. The van der Waals surface area contributed by atoms with Gasteiger partial charge >= 0.3 is 0 Å². The van der Waals surface area contributed by atoms with E-state index in [-0.39, 0.29) is 17.7 Å². The average Bonchev–Trinajstić information content (AvgIpc) is 2.70. The predicted octanol–water partition coefficient (Wildman–Crippen LogP) is 1.53. The van der Waals surface area contributed by atoms with E-state index in [4.69, 9.17) is 0 Å². The van der Waals surface area contributed by atoms with Crippen molar-refractivity contribution in [2.24, 2.45) is 0 Å². The molecule has 1 aromatic carbocycles. The first-order chi connectivity index (χ1) is 9.06. The first kappa shape index (κ1) is 13.9. The lowest BCUT2D eigenvalue weighted by molar-refractivity contribution is -0.129. The van der Waals surface area contributed by atoms with Crippen LogP contribution < -0.4 is 5.32 Å². The number of hydrogen-bond donors (Lipinski definition) is 2. The smallest absolute Gasteiger partial charge is 0.239 e. The second-order valence-corrected chi connectivity index (χ2v) is 5.40. The SMILES string of the molecule is CC(C)NC1CCN(CCc2ccc(O)cc2)C1=O. The van der Waals surface area contributed by atoms with E-state index < -0.39 is 0 Å². The first-order valence-electron chi connectivity index (χ1n) is 6.89. The topological polar surface area (TPSA) is 52.6 Å². The van der Waals surface area contributed by atoms with Gasteiger partial charge in [0.15, 0.2) is 0 Å². The number of phenols is 1. The van der Waals surface area contributed by atoms with Crippen LogP contribution in [0.3, 0.4) is 0 Å². The van der Waals surface area contributed by atoms with Gasteiger partial charge in [0.25, 0.3) is 0 Å². The van der Waals surface area contributed by atoms with E-state index in [0.29, 0.717) is 6.04 Å². The molecule has 0 aromatic heterocycles. The number of benzene rings is 1. The molecule has 1 fully saturated rings. The Labute approximate surface area is 114 Å². The van der Waals surface area contributed by atoms with E-state index in [1.54, 1.807) is 12.1 Å². The van der Waals surface area contributed by atoms with Crippen LogP contribution in [0.15, 0.2) is 24.3 Å². The summed E-state index contributed by atoms with van der Waals surface area (Å²) in [6, 6.07) is 7.50. The fourth-order valence-electron chi connectivity index (χ4n) is 2.44. The maximum Gasteiger partial charge on any atom is 0.239 e. The van der Waals surface area contributed by atoms with Crippen molar-refractivity contribution in [1.29, 1.82) is 0 Å². The third-order valence-corrected chi connectivity index (χ3v) is 3.44. The molecule has 4 heteroatoms. The number of carbonyl (C=O) groups is 1. The van der Waals surface area contributed by atoms with Gasteiger partial charge in [-0.1, -0.05) is 26.0 Å². The molecule has 1 unspecified atom stereocenters. The highest BCUT2D eigenvalue weighted by Crippen LogP contribution is 2.14. The lowest BCUT2D eigenvalue weighted by Gasteiger charge is -2.18. The lowest BCUT2D eigenvalue weighted by Crippen LogP contribution is -2.41. The highest BCUT2D eigenvalue weighted by atomic mass is 16.3. The fourth-order valence-corrected chi connectivity index (χ4v) is 2.44. The average molecular weight is 262 g/mol. The molecular formula is C15H22N2O2. The van der Waals surface area contributed by atoms with Gasteiger partial charge in [0.2, 0.25) is 5.91 Å². The summed E-state index contributed by atoms with van der Waals surface area (Å²) in [5, 5.41) is 12.5. The van der Waals surface area contributed by atoms with Crippen LogP contribution in [-0.4, -0.2) is 41.1 Å².